The summed E-state index contributed by atoms with van der Waals surface area (Å²) >= 11 is 0. The molecule has 0 aliphatic rings. The number of carbonyl (C=O) groups is 2. The van der Waals surface area contributed by atoms with Crippen LogP contribution in [0.2, 0.25) is 0 Å². The number of aryl methyl sites for hydroxylation is 1. The van der Waals surface area contributed by atoms with Crippen LogP contribution in [0.1, 0.15) is 15.9 Å². The Bertz CT molecular complexity index is 994. The molecule has 0 atom stereocenters. The van der Waals surface area contributed by atoms with Gasteiger partial charge in [-0.2, -0.15) is 0 Å². The Kier molecular flexibility index (Phi) is 5.61. The van der Waals surface area contributed by atoms with Gasteiger partial charge in [0.25, 0.3) is 5.91 Å². The first-order valence-electron chi connectivity index (χ1n) is 8.60. The Balaban J connectivity index is 1.93. The molecule has 2 aromatic carbocycles. The van der Waals surface area contributed by atoms with Gasteiger partial charge in [-0.15, -0.1) is 6.58 Å². The number of nitrogens with zero attached hydrogens (tertiary/aromatic N) is 1. The second-order valence-electron chi connectivity index (χ2n) is 6.11. The lowest BCUT2D eigenvalue weighted by molar-refractivity contribution is -0.124. The average molecular weight is 360 g/mol. The number of nitrogens with one attached hydrogen (secondary N) is 1. The maximum absolute atomic E-state index is 12.6. The zero-order chi connectivity index (χ0) is 19.2. The number of esters is 1. The number of rotatable bonds is 6. The van der Waals surface area contributed by atoms with Gasteiger partial charge in [-0.05, 0) is 19.1 Å². The van der Waals surface area contributed by atoms with Crippen molar-refractivity contribution in [3.63, 3.8) is 0 Å². The van der Waals surface area contributed by atoms with E-state index >= 15 is 0 Å². The van der Waals surface area contributed by atoms with E-state index in [2.05, 4.69) is 16.9 Å². The molecule has 5 nitrogen and oxygen atoms in total. The number of hydrogen-bond acceptors (Lipinski definition) is 4. The van der Waals surface area contributed by atoms with Gasteiger partial charge in [0.1, 0.15) is 0 Å². The molecule has 1 N–H and O–H groups in total. The molecular weight excluding hydrogens is 340 g/mol. The predicted molar refractivity (Wildman–Crippen MR) is 105 cm³/mol. The molecule has 0 aliphatic carbocycles. The van der Waals surface area contributed by atoms with Gasteiger partial charge in [0.15, 0.2) is 6.61 Å². The third-order valence-corrected chi connectivity index (χ3v) is 4.06. The molecule has 0 bridgehead atoms. The van der Waals surface area contributed by atoms with Crippen molar-refractivity contribution in [3.05, 3.63) is 78.4 Å². The zero-order valence-corrected chi connectivity index (χ0v) is 15.1. The molecule has 27 heavy (non-hydrogen) atoms. The van der Waals surface area contributed by atoms with E-state index in [0.29, 0.717) is 28.7 Å². The van der Waals surface area contributed by atoms with Crippen molar-refractivity contribution >= 4 is 22.8 Å². The molecule has 0 fully saturated rings. The molecule has 136 valence electrons. The standard InChI is InChI=1S/C22H20N2O3/c1-3-12-23-21(25)14-27-22(26)18-13-20(16-10-8-15(2)9-11-16)24-19-7-5-4-6-17(18)19/h3-11,13H,1,12,14H2,2H3,(H,23,25). The third kappa shape index (κ3) is 4.39. The maximum atomic E-state index is 12.6. The number of benzene rings is 2. The molecule has 0 spiro atoms. The van der Waals surface area contributed by atoms with E-state index in [0.717, 1.165) is 11.1 Å². The lowest BCUT2D eigenvalue weighted by Crippen LogP contribution is -2.28. The van der Waals surface area contributed by atoms with Crippen LogP contribution in [0.3, 0.4) is 0 Å². The molecule has 0 radical (unpaired) electrons. The Morgan fingerprint density at radius 1 is 1.15 bits per heavy atom. The van der Waals surface area contributed by atoms with Crippen LogP contribution < -0.4 is 5.32 Å². The predicted octanol–water partition coefficient (Wildman–Crippen LogP) is 3.67. The van der Waals surface area contributed by atoms with Gasteiger partial charge < -0.3 is 10.1 Å². The van der Waals surface area contributed by atoms with Crippen molar-refractivity contribution in [3.8, 4) is 11.3 Å². The zero-order valence-electron chi connectivity index (χ0n) is 15.1. The van der Waals surface area contributed by atoms with Crippen LogP contribution >= 0.6 is 0 Å². The van der Waals surface area contributed by atoms with Crippen LogP contribution in [-0.2, 0) is 9.53 Å². The van der Waals surface area contributed by atoms with Crippen LogP contribution in [0.5, 0.6) is 0 Å². The van der Waals surface area contributed by atoms with Crippen LogP contribution in [0.15, 0.2) is 67.3 Å². The molecule has 3 aromatic rings. The topological polar surface area (TPSA) is 68.3 Å². The summed E-state index contributed by atoms with van der Waals surface area (Å²) in [5.41, 5.74) is 3.80. The highest BCUT2D eigenvalue weighted by atomic mass is 16.5. The fourth-order valence-electron chi connectivity index (χ4n) is 2.66. The molecule has 0 unspecified atom stereocenters. The Labute approximate surface area is 157 Å². The molecule has 3 rings (SSSR count). The number of fused-ring (bicyclic) bond motifs is 1. The fourth-order valence-corrected chi connectivity index (χ4v) is 2.66. The number of pyridine rings is 1. The van der Waals surface area contributed by atoms with Crippen molar-refractivity contribution < 1.29 is 14.3 Å². The summed E-state index contributed by atoms with van der Waals surface area (Å²) in [6, 6.07) is 17.0. The normalized spacial score (nSPS) is 10.4. The molecule has 0 saturated heterocycles. The number of amides is 1. The van der Waals surface area contributed by atoms with E-state index in [1.54, 1.807) is 12.1 Å². The van der Waals surface area contributed by atoms with E-state index < -0.39 is 5.97 Å². The van der Waals surface area contributed by atoms with Crippen LogP contribution in [0.25, 0.3) is 22.2 Å². The summed E-state index contributed by atoms with van der Waals surface area (Å²) in [7, 11) is 0. The van der Waals surface area contributed by atoms with Gasteiger partial charge in [-0.25, -0.2) is 9.78 Å². The van der Waals surface area contributed by atoms with E-state index in [9.17, 15) is 9.59 Å². The van der Waals surface area contributed by atoms with Crippen LogP contribution in [0, 0.1) is 6.92 Å². The number of carbonyl (C=O) groups excluding carboxylic acids is 2. The smallest absolute Gasteiger partial charge is 0.339 e. The van der Waals surface area contributed by atoms with Gasteiger partial charge in [0.2, 0.25) is 0 Å². The molecule has 0 aliphatic heterocycles. The average Bonchev–Trinajstić information content (AvgIpc) is 2.70. The van der Waals surface area contributed by atoms with E-state index in [1.807, 2.05) is 55.5 Å². The minimum absolute atomic E-state index is 0.326. The lowest BCUT2D eigenvalue weighted by atomic mass is 10.0. The Hall–Kier alpha value is -3.47. The van der Waals surface area contributed by atoms with Gasteiger partial charge >= 0.3 is 5.97 Å². The highest BCUT2D eigenvalue weighted by molar-refractivity contribution is 6.05. The van der Waals surface area contributed by atoms with E-state index in [4.69, 9.17) is 4.74 Å². The lowest BCUT2D eigenvalue weighted by Gasteiger charge is -2.10. The molecule has 0 saturated carbocycles. The van der Waals surface area contributed by atoms with Crippen molar-refractivity contribution in [1.82, 2.24) is 10.3 Å². The summed E-state index contributed by atoms with van der Waals surface area (Å²) in [5, 5.41) is 3.26. The summed E-state index contributed by atoms with van der Waals surface area (Å²) in [5.74, 6) is -0.934. The molecule has 1 amide bonds. The van der Waals surface area contributed by atoms with Gasteiger partial charge in [0, 0.05) is 17.5 Å². The van der Waals surface area contributed by atoms with Gasteiger partial charge in [-0.3, -0.25) is 4.79 Å². The second kappa shape index (κ2) is 8.27. The number of ether oxygens (including phenoxy) is 1. The monoisotopic (exact) mass is 360 g/mol. The van der Waals surface area contributed by atoms with Crippen LogP contribution in [-0.4, -0.2) is 30.0 Å². The molecule has 1 aromatic heterocycles. The Morgan fingerprint density at radius 2 is 1.89 bits per heavy atom. The first-order chi connectivity index (χ1) is 13.1. The van der Waals surface area contributed by atoms with Gasteiger partial charge in [-0.1, -0.05) is 54.1 Å². The first kappa shape index (κ1) is 18.3. The maximum Gasteiger partial charge on any atom is 0.339 e. The summed E-state index contributed by atoms with van der Waals surface area (Å²) in [6.45, 7) is 5.52. The van der Waals surface area contributed by atoms with Crippen molar-refractivity contribution in [2.24, 2.45) is 0 Å². The van der Waals surface area contributed by atoms with Crippen molar-refractivity contribution in [1.29, 1.82) is 0 Å². The van der Waals surface area contributed by atoms with E-state index in [-0.39, 0.29) is 12.5 Å². The fraction of sp³-hybridized carbons (Fsp3) is 0.136. The summed E-state index contributed by atoms with van der Waals surface area (Å²) < 4.78 is 5.19. The summed E-state index contributed by atoms with van der Waals surface area (Å²) in [4.78, 5) is 29.0. The largest absolute Gasteiger partial charge is 0.452 e. The number of para-hydroxylation sites is 1. The number of hydrogen-bond donors (Lipinski definition) is 1. The van der Waals surface area contributed by atoms with E-state index in [1.165, 1.54) is 0 Å². The van der Waals surface area contributed by atoms with Crippen LogP contribution in [0.4, 0.5) is 0 Å². The molecule has 1 heterocycles. The minimum Gasteiger partial charge on any atom is -0.452 e. The third-order valence-electron chi connectivity index (χ3n) is 4.06. The number of aromatic nitrogens is 1. The molecule has 5 heteroatoms. The summed E-state index contributed by atoms with van der Waals surface area (Å²) in [6.07, 6.45) is 1.56. The Morgan fingerprint density at radius 3 is 2.63 bits per heavy atom. The second-order valence-corrected chi connectivity index (χ2v) is 6.11. The minimum atomic E-state index is -0.560. The van der Waals surface area contributed by atoms with Crippen molar-refractivity contribution in [2.45, 2.75) is 6.92 Å². The van der Waals surface area contributed by atoms with Crippen molar-refractivity contribution in [2.75, 3.05) is 13.2 Å². The molecular formula is C22H20N2O3. The first-order valence-corrected chi connectivity index (χ1v) is 8.60. The quantitative estimate of drug-likeness (QED) is 0.538. The van der Waals surface area contributed by atoms with Gasteiger partial charge in [0.05, 0.1) is 16.8 Å². The highest BCUT2D eigenvalue weighted by Crippen LogP contribution is 2.25. The highest BCUT2D eigenvalue weighted by Gasteiger charge is 2.16. The SMILES string of the molecule is C=CCNC(=O)COC(=O)c1cc(-c2ccc(C)cc2)nc2ccccc12.